The Morgan fingerprint density at radius 2 is 1.88 bits per heavy atom. The van der Waals surface area contributed by atoms with Crippen molar-refractivity contribution in [1.29, 1.82) is 0 Å². The van der Waals surface area contributed by atoms with Crippen molar-refractivity contribution in [2.75, 3.05) is 6.61 Å². The quantitative estimate of drug-likeness (QED) is 0.190. The lowest BCUT2D eigenvalue weighted by molar-refractivity contribution is -0.256. The molecule has 0 fully saturated rings. The van der Waals surface area contributed by atoms with Crippen molar-refractivity contribution in [1.82, 2.24) is 0 Å². The van der Waals surface area contributed by atoms with Gasteiger partial charge < -0.3 is 29.9 Å². The van der Waals surface area contributed by atoms with E-state index in [1.54, 1.807) is 6.08 Å². The van der Waals surface area contributed by atoms with Crippen LogP contribution in [0.5, 0.6) is 0 Å². The Morgan fingerprint density at radius 1 is 1.24 bits per heavy atom. The summed E-state index contributed by atoms with van der Waals surface area (Å²) < 4.78 is 9.20. The van der Waals surface area contributed by atoms with Crippen LogP contribution in [0.1, 0.15) is 51.9 Å². The van der Waals surface area contributed by atoms with Gasteiger partial charge in [-0.2, -0.15) is 0 Å². The molecule has 4 N–H and O–H groups in total. The normalized spacial score (nSPS) is 20.0. The molecule has 1 heterocycles. The van der Waals surface area contributed by atoms with Gasteiger partial charge in [0.25, 0.3) is 5.79 Å². The van der Waals surface area contributed by atoms with Crippen LogP contribution in [0.15, 0.2) is 23.7 Å². The summed E-state index contributed by atoms with van der Waals surface area (Å²) in [5.74, 6) is -7.06. The van der Waals surface area contributed by atoms with Gasteiger partial charge >= 0.3 is 11.9 Å². The molecule has 2 atom stereocenters. The second-order valence-electron chi connectivity index (χ2n) is 5.90. The first-order valence-electron chi connectivity index (χ1n) is 8.41. The number of unbranched alkanes of at least 4 members (excludes halogenated alkanes) is 6. The van der Waals surface area contributed by atoms with Crippen LogP contribution in [-0.2, 0) is 19.1 Å². The van der Waals surface area contributed by atoms with Crippen LogP contribution < -0.4 is 0 Å². The molecule has 0 saturated carbocycles. The molecule has 1 aliphatic heterocycles. The molecule has 0 unspecified atom stereocenters. The van der Waals surface area contributed by atoms with Crippen molar-refractivity contribution in [3.05, 3.63) is 23.7 Å². The zero-order valence-corrected chi connectivity index (χ0v) is 14.3. The van der Waals surface area contributed by atoms with Crippen molar-refractivity contribution in [3.8, 4) is 0 Å². The zero-order valence-electron chi connectivity index (χ0n) is 14.3. The van der Waals surface area contributed by atoms with Gasteiger partial charge in [0, 0.05) is 6.08 Å². The Hall–Kier alpha value is -2.06. The van der Waals surface area contributed by atoms with Crippen LogP contribution in [-0.4, -0.2) is 50.9 Å². The van der Waals surface area contributed by atoms with Crippen molar-refractivity contribution >= 4 is 11.9 Å². The van der Waals surface area contributed by atoms with E-state index in [9.17, 15) is 30.0 Å². The van der Waals surface area contributed by atoms with Gasteiger partial charge in [-0.25, -0.2) is 9.59 Å². The number of rotatable bonds is 11. The highest BCUT2D eigenvalue weighted by Gasteiger charge is 2.51. The molecule has 0 radical (unpaired) electrons. The number of aliphatic hydroxyl groups excluding tert-OH is 3. The third kappa shape index (κ3) is 6.06. The Morgan fingerprint density at radius 3 is 2.44 bits per heavy atom. The molecule has 0 aliphatic carbocycles. The number of ether oxygens (including phenoxy) is 2. The summed E-state index contributed by atoms with van der Waals surface area (Å²) in [6.45, 7) is 1.00. The standard InChI is InChI=1S/C17H26O8/c1-2-3-4-5-6-7-8-9-10-12(19)25-17(23,11-18)15-13(20)14(21)16(22)24-15/h9-10,15,18,20-21,23H,2-8,11H2,1H3/b10-9+/t15-,17+/m0/s1. The summed E-state index contributed by atoms with van der Waals surface area (Å²) in [4.78, 5) is 22.9. The summed E-state index contributed by atoms with van der Waals surface area (Å²) in [6.07, 6.45) is 8.12. The highest BCUT2D eigenvalue weighted by Crippen LogP contribution is 2.29. The second-order valence-corrected chi connectivity index (χ2v) is 5.90. The minimum Gasteiger partial charge on any atom is -0.505 e. The average molecular weight is 358 g/mol. The van der Waals surface area contributed by atoms with Crippen LogP contribution >= 0.6 is 0 Å². The largest absolute Gasteiger partial charge is 0.505 e. The van der Waals surface area contributed by atoms with Gasteiger partial charge in [-0.15, -0.1) is 0 Å². The van der Waals surface area contributed by atoms with Crippen LogP contribution in [0.2, 0.25) is 0 Å². The van der Waals surface area contributed by atoms with Crippen LogP contribution in [0.4, 0.5) is 0 Å². The predicted molar refractivity (Wildman–Crippen MR) is 87.4 cm³/mol. The van der Waals surface area contributed by atoms with E-state index >= 15 is 0 Å². The first kappa shape index (κ1) is 21.0. The number of carbonyl (C=O) groups excluding carboxylic acids is 2. The molecule has 1 aliphatic rings. The van der Waals surface area contributed by atoms with Gasteiger partial charge in [-0.1, -0.05) is 45.1 Å². The monoisotopic (exact) mass is 358 g/mol. The molecule has 25 heavy (non-hydrogen) atoms. The fraction of sp³-hybridized carbons (Fsp3) is 0.647. The van der Waals surface area contributed by atoms with E-state index in [0.29, 0.717) is 6.42 Å². The van der Waals surface area contributed by atoms with Crippen LogP contribution in [0.25, 0.3) is 0 Å². The molecule has 0 saturated heterocycles. The summed E-state index contributed by atoms with van der Waals surface area (Å²) in [5.41, 5.74) is 0. The van der Waals surface area contributed by atoms with E-state index in [-0.39, 0.29) is 0 Å². The Kier molecular flexibility index (Phi) is 8.44. The van der Waals surface area contributed by atoms with E-state index in [4.69, 9.17) is 4.74 Å². The molecular weight excluding hydrogens is 332 g/mol. The number of hydrogen-bond acceptors (Lipinski definition) is 8. The molecule has 8 heteroatoms. The molecule has 0 aromatic heterocycles. The highest BCUT2D eigenvalue weighted by atomic mass is 16.7. The molecule has 1 rings (SSSR count). The van der Waals surface area contributed by atoms with Crippen molar-refractivity contribution in [3.63, 3.8) is 0 Å². The number of allylic oxidation sites excluding steroid dienone is 1. The van der Waals surface area contributed by atoms with Crippen molar-refractivity contribution in [2.45, 2.75) is 63.8 Å². The van der Waals surface area contributed by atoms with Crippen LogP contribution in [0.3, 0.4) is 0 Å². The lowest BCUT2D eigenvalue weighted by Gasteiger charge is -2.29. The molecule has 142 valence electrons. The molecule has 0 aromatic carbocycles. The number of esters is 2. The maximum absolute atomic E-state index is 11.7. The summed E-state index contributed by atoms with van der Waals surface area (Å²) in [5, 5.41) is 38.1. The molecule has 0 spiro atoms. The molecule has 0 aromatic rings. The van der Waals surface area contributed by atoms with Crippen molar-refractivity contribution in [2.24, 2.45) is 0 Å². The van der Waals surface area contributed by atoms with Gasteiger partial charge in [0.1, 0.15) is 6.61 Å². The fourth-order valence-electron chi connectivity index (χ4n) is 2.35. The molecule has 8 nitrogen and oxygen atoms in total. The lowest BCUT2D eigenvalue weighted by atomic mass is 10.1. The van der Waals surface area contributed by atoms with Gasteiger partial charge in [-0.05, 0) is 12.8 Å². The fourth-order valence-corrected chi connectivity index (χ4v) is 2.35. The summed E-state index contributed by atoms with van der Waals surface area (Å²) in [7, 11) is 0. The van der Waals surface area contributed by atoms with Crippen LogP contribution in [0, 0.1) is 0 Å². The SMILES string of the molecule is CCCCCCCC/C=C/C(=O)O[C@](O)(CO)[C@H]1OC(=O)C(O)=C1O. The average Bonchev–Trinajstić information content (AvgIpc) is 2.85. The topological polar surface area (TPSA) is 134 Å². The molecular formula is C17H26O8. The van der Waals surface area contributed by atoms with E-state index in [2.05, 4.69) is 11.7 Å². The maximum atomic E-state index is 11.7. The Balaban J connectivity index is 2.45. The van der Waals surface area contributed by atoms with Crippen molar-refractivity contribution < 1.29 is 39.5 Å². The summed E-state index contributed by atoms with van der Waals surface area (Å²) in [6, 6.07) is 0. The number of aliphatic hydroxyl groups is 4. The number of hydrogen-bond donors (Lipinski definition) is 4. The lowest BCUT2D eigenvalue weighted by Crippen LogP contribution is -2.50. The summed E-state index contributed by atoms with van der Waals surface area (Å²) >= 11 is 0. The first-order chi connectivity index (χ1) is 11.9. The number of cyclic esters (lactones) is 1. The predicted octanol–water partition coefficient (Wildman–Crippen LogP) is 1.77. The third-order valence-electron chi connectivity index (χ3n) is 3.80. The van der Waals surface area contributed by atoms with E-state index in [0.717, 1.165) is 25.3 Å². The highest BCUT2D eigenvalue weighted by molar-refractivity contribution is 5.89. The molecule has 0 bridgehead atoms. The Bertz CT molecular complexity index is 525. The first-order valence-corrected chi connectivity index (χ1v) is 8.41. The molecule has 0 amide bonds. The zero-order chi connectivity index (χ0) is 18.9. The van der Waals surface area contributed by atoms with E-state index in [1.165, 1.54) is 19.3 Å². The van der Waals surface area contributed by atoms with Gasteiger partial charge in [0.15, 0.2) is 5.76 Å². The van der Waals surface area contributed by atoms with Gasteiger partial charge in [0.2, 0.25) is 11.9 Å². The van der Waals surface area contributed by atoms with Gasteiger partial charge in [-0.3, -0.25) is 0 Å². The second kappa shape index (κ2) is 10.0. The maximum Gasteiger partial charge on any atom is 0.378 e. The van der Waals surface area contributed by atoms with E-state index < -0.39 is 42.0 Å². The Labute approximate surface area is 146 Å². The number of carbonyl (C=O) groups is 2. The minimum absolute atomic E-state index is 0.656. The van der Waals surface area contributed by atoms with Gasteiger partial charge in [0.05, 0.1) is 0 Å². The minimum atomic E-state index is -2.69. The smallest absolute Gasteiger partial charge is 0.378 e. The van der Waals surface area contributed by atoms with E-state index in [1.807, 2.05) is 0 Å². The third-order valence-corrected chi connectivity index (χ3v) is 3.80.